The highest BCUT2D eigenvalue weighted by atomic mass is 32.2. The molecule has 2 fully saturated rings. The van der Waals surface area contributed by atoms with Crippen molar-refractivity contribution in [2.45, 2.75) is 32.5 Å². The Morgan fingerprint density at radius 1 is 1.00 bits per heavy atom. The van der Waals surface area contributed by atoms with E-state index in [1.54, 1.807) is 4.90 Å². The van der Waals surface area contributed by atoms with E-state index in [0.29, 0.717) is 6.54 Å². The van der Waals surface area contributed by atoms with Crippen molar-refractivity contribution in [3.05, 3.63) is 65.2 Å². The van der Waals surface area contributed by atoms with Crippen LogP contribution in [0.2, 0.25) is 0 Å². The van der Waals surface area contributed by atoms with Gasteiger partial charge < -0.3 is 4.90 Å². The van der Waals surface area contributed by atoms with E-state index < -0.39 is 9.84 Å². The minimum absolute atomic E-state index is 0.0294. The van der Waals surface area contributed by atoms with Gasteiger partial charge in [-0.05, 0) is 42.7 Å². The van der Waals surface area contributed by atoms with Crippen molar-refractivity contribution in [2.75, 3.05) is 23.0 Å². The first kappa shape index (κ1) is 18.2. The lowest BCUT2D eigenvalue weighted by molar-refractivity contribution is -0.123. The molecule has 0 aromatic heterocycles. The number of carbonyl (C=O) groups excluding carboxylic acids is 1. The lowest BCUT2D eigenvalue weighted by Crippen LogP contribution is -2.61. The molecule has 142 valence electrons. The van der Waals surface area contributed by atoms with Crippen molar-refractivity contribution in [3.8, 4) is 0 Å². The molecular formula is C21H24N2O3S. The van der Waals surface area contributed by atoms with E-state index in [-0.39, 0.29) is 36.0 Å². The third kappa shape index (κ3) is 3.51. The van der Waals surface area contributed by atoms with Gasteiger partial charge in [0.05, 0.1) is 24.1 Å². The summed E-state index contributed by atoms with van der Waals surface area (Å²) in [6.07, 6.45) is 0. The van der Waals surface area contributed by atoms with Crippen LogP contribution in [0.25, 0.3) is 0 Å². The molecule has 0 aliphatic carbocycles. The first-order chi connectivity index (χ1) is 12.8. The van der Waals surface area contributed by atoms with Crippen molar-refractivity contribution in [1.29, 1.82) is 0 Å². The zero-order chi connectivity index (χ0) is 19.2. The molecule has 0 N–H and O–H groups in total. The molecule has 27 heavy (non-hydrogen) atoms. The third-order valence-corrected chi connectivity index (χ3v) is 7.31. The Balaban J connectivity index is 1.69. The molecule has 4 rings (SSSR count). The number of hydrogen-bond acceptors (Lipinski definition) is 4. The fraction of sp³-hybridized carbons (Fsp3) is 0.381. The number of aryl methyl sites for hydroxylation is 2. The lowest BCUT2D eigenvalue weighted by Gasteiger charge is -2.43. The average molecular weight is 385 g/mol. The Kier molecular flexibility index (Phi) is 4.56. The number of nitrogens with zero attached hydrogens (tertiary/aromatic N) is 2. The van der Waals surface area contributed by atoms with E-state index >= 15 is 0 Å². The molecule has 0 radical (unpaired) electrons. The van der Waals surface area contributed by atoms with Crippen LogP contribution in [-0.2, 0) is 21.2 Å². The number of rotatable bonds is 3. The molecule has 2 heterocycles. The maximum absolute atomic E-state index is 13.0. The van der Waals surface area contributed by atoms with Crippen LogP contribution in [0.15, 0.2) is 48.5 Å². The van der Waals surface area contributed by atoms with Gasteiger partial charge in [0.25, 0.3) is 0 Å². The topological polar surface area (TPSA) is 57.7 Å². The van der Waals surface area contributed by atoms with Gasteiger partial charge in [0.15, 0.2) is 9.84 Å². The smallest absolute Gasteiger partial charge is 0.241 e. The molecule has 2 aliphatic rings. The van der Waals surface area contributed by atoms with Crippen LogP contribution in [0, 0.1) is 13.8 Å². The SMILES string of the molecule is Cc1cccc(N2C(=O)CN(Cc3ccccc3C)[C@H]3CS(=O)(=O)C[C@H]32)c1. The Morgan fingerprint density at radius 3 is 2.48 bits per heavy atom. The van der Waals surface area contributed by atoms with Gasteiger partial charge in [-0.1, -0.05) is 36.4 Å². The molecule has 1 amide bonds. The summed E-state index contributed by atoms with van der Waals surface area (Å²) in [6.45, 7) is 4.85. The fourth-order valence-corrected chi connectivity index (χ4v) is 6.23. The summed E-state index contributed by atoms with van der Waals surface area (Å²) in [7, 11) is -3.17. The summed E-state index contributed by atoms with van der Waals surface area (Å²) in [5.74, 6) is 0.105. The number of anilines is 1. The van der Waals surface area contributed by atoms with E-state index in [2.05, 4.69) is 0 Å². The van der Waals surface area contributed by atoms with Crippen molar-refractivity contribution in [3.63, 3.8) is 0 Å². The number of sulfone groups is 1. The fourth-order valence-electron chi connectivity index (χ4n) is 4.25. The van der Waals surface area contributed by atoms with Crippen LogP contribution in [0.4, 0.5) is 5.69 Å². The zero-order valence-electron chi connectivity index (χ0n) is 15.6. The predicted octanol–water partition coefficient (Wildman–Crippen LogP) is 2.32. The maximum atomic E-state index is 13.0. The number of hydrogen-bond donors (Lipinski definition) is 0. The highest BCUT2D eigenvalue weighted by Crippen LogP contribution is 2.33. The average Bonchev–Trinajstić information content (AvgIpc) is 2.92. The molecular weight excluding hydrogens is 360 g/mol. The molecule has 5 nitrogen and oxygen atoms in total. The van der Waals surface area contributed by atoms with Crippen molar-refractivity contribution >= 4 is 21.4 Å². The van der Waals surface area contributed by atoms with Gasteiger partial charge in [-0.3, -0.25) is 9.69 Å². The molecule has 2 aliphatic heterocycles. The minimum Gasteiger partial charge on any atom is -0.306 e. The van der Waals surface area contributed by atoms with E-state index in [9.17, 15) is 13.2 Å². The van der Waals surface area contributed by atoms with Gasteiger partial charge in [-0.15, -0.1) is 0 Å². The van der Waals surface area contributed by atoms with Crippen LogP contribution >= 0.6 is 0 Å². The van der Waals surface area contributed by atoms with Crippen LogP contribution in [0.1, 0.15) is 16.7 Å². The van der Waals surface area contributed by atoms with E-state index in [1.165, 1.54) is 0 Å². The monoisotopic (exact) mass is 384 g/mol. The standard InChI is InChI=1S/C21H24N2O3S/c1-15-6-5-9-18(10-15)23-20-14-27(25,26)13-19(20)22(12-21(23)24)11-17-8-4-3-7-16(17)2/h3-10,19-20H,11-14H2,1-2H3/t19-,20+/m0/s1. The quantitative estimate of drug-likeness (QED) is 0.815. The molecule has 0 unspecified atom stereocenters. The van der Waals surface area contributed by atoms with Gasteiger partial charge in [0, 0.05) is 18.3 Å². The molecule has 0 spiro atoms. The van der Waals surface area contributed by atoms with Gasteiger partial charge in [-0.2, -0.15) is 0 Å². The van der Waals surface area contributed by atoms with Gasteiger partial charge in [0.1, 0.15) is 0 Å². The van der Waals surface area contributed by atoms with Crippen LogP contribution < -0.4 is 4.90 Å². The van der Waals surface area contributed by atoms with Crippen molar-refractivity contribution in [1.82, 2.24) is 4.90 Å². The number of benzene rings is 2. The number of carbonyl (C=O) groups is 1. The third-order valence-electron chi connectivity index (χ3n) is 5.62. The molecule has 2 saturated heterocycles. The normalized spacial score (nSPS) is 24.8. The maximum Gasteiger partial charge on any atom is 0.241 e. The van der Waals surface area contributed by atoms with Gasteiger partial charge >= 0.3 is 0 Å². The van der Waals surface area contributed by atoms with Crippen molar-refractivity contribution < 1.29 is 13.2 Å². The summed E-state index contributed by atoms with van der Waals surface area (Å²) in [6, 6.07) is 15.3. The molecule has 2 atom stereocenters. The van der Waals surface area contributed by atoms with Gasteiger partial charge in [-0.25, -0.2) is 8.42 Å². The molecule has 6 heteroatoms. The molecule has 2 aromatic carbocycles. The van der Waals surface area contributed by atoms with E-state index in [1.807, 2.05) is 67.3 Å². The Morgan fingerprint density at radius 2 is 1.74 bits per heavy atom. The predicted molar refractivity (Wildman–Crippen MR) is 106 cm³/mol. The summed E-state index contributed by atoms with van der Waals surface area (Å²) in [4.78, 5) is 16.8. The second-order valence-corrected chi connectivity index (χ2v) is 9.80. The number of amides is 1. The number of piperazine rings is 1. The summed E-state index contributed by atoms with van der Waals surface area (Å²) in [5, 5.41) is 0. The lowest BCUT2D eigenvalue weighted by atomic mass is 10.0. The van der Waals surface area contributed by atoms with Crippen molar-refractivity contribution in [2.24, 2.45) is 0 Å². The van der Waals surface area contributed by atoms with E-state index in [0.717, 1.165) is 22.4 Å². The minimum atomic E-state index is -3.17. The first-order valence-electron chi connectivity index (χ1n) is 9.22. The largest absolute Gasteiger partial charge is 0.306 e. The molecule has 0 bridgehead atoms. The zero-order valence-corrected chi connectivity index (χ0v) is 16.4. The summed E-state index contributed by atoms with van der Waals surface area (Å²) in [5.41, 5.74) is 4.14. The Bertz CT molecular complexity index is 986. The summed E-state index contributed by atoms with van der Waals surface area (Å²) >= 11 is 0. The van der Waals surface area contributed by atoms with E-state index in [4.69, 9.17) is 0 Å². The Hall–Kier alpha value is -2.18. The highest BCUT2D eigenvalue weighted by molar-refractivity contribution is 7.91. The molecule has 2 aromatic rings. The molecule has 0 saturated carbocycles. The Labute approximate surface area is 160 Å². The first-order valence-corrected chi connectivity index (χ1v) is 11.0. The highest BCUT2D eigenvalue weighted by Gasteiger charge is 2.49. The second kappa shape index (κ2) is 6.77. The number of fused-ring (bicyclic) bond motifs is 1. The summed E-state index contributed by atoms with van der Waals surface area (Å²) < 4.78 is 24.9. The second-order valence-electron chi connectivity index (χ2n) is 7.65. The van der Waals surface area contributed by atoms with Gasteiger partial charge in [0.2, 0.25) is 5.91 Å². The van der Waals surface area contributed by atoms with Crippen LogP contribution in [-0.4, -0.2) is 49.4 Å². The van der Waals surface area contributed by atoms with Crippen LogP contribution in [0.3, 0.4) is 0 Å². The van der Waals surface area contributed by atoms with Crippen LogP contribution in [0.5, 0.6) is 0 Å².